The van der Waals surface area contributed by atoms with Crippen LogP contribution in [0.2, 0.25) is 0 Å². The van der Waals surface area contributed by atoms with Gasteiger partial charge in [0.1, 0.15) is 23.5 Å². The molecule has 2 aliphatic rings. The second-order valence-corrected chi connectivity index (χ2v) is 8.55. The number of H-pyrrole nitrogens is 1. The van der Waals surface area contributed by atoms with Crippen LogP contribution in [0.1, 0.15) is 47.2 Å². The number of carbonyl (C=O) groups is 1. The maximum atomic E-state index is 13.5. The molecule has 2 N–H and O–H groups in total. The quantitative estimate of drug-likeness (QED) is 0.533. The topological polar surface area (TPSA) is 108 Å². The average Bonchev–Trinajstić information content (AvgIpc) is 3.52. The van der Waals surface area contributed by atoms with Gasteiger partial charge < -0.3 is 9.63 Å². The summed E-state index contributed by atoms with van der Waals surface area (Å²) in [6, 6.07) is 11.4. The molecule has 2 aliphatic heterocycles. The number of nitrogens with zero attached hydrogens (tertiary/aromatic N) is 4. The van der Waals surface area contributed by atoms with Crippen molar-refractivity contribution < 1.29 is 14.4 Å². The van der Waals surface area contributed by atoms with Gasteiger partial charge >= 0.3 is 0 Å². The third kappa shape index (κ3) is 2.33. The molecule has 5 heterocycles. The summed E-state index contributed by atoms with van der Waals surface area (Å²) in [6.45, 7) is 3.76. The molecule has 0 spiro atoms. The second-order valence-electron chi connectivity index (χ2n) is 8.55. The maximum Gasteiger partial charge on any atom is 0.278 e. The lowest BCUT2D eigenvalue weighted by atomic mass is 9.82. The lowest BCUT2D eigenvalue weighted by molar-refractivity contribution is 0.0987. The average molecular weight is 413 g/mol. The van der Waals surface area contributed by atoms with Crippen molar-refractivity contribution >= 4 is 11.7 Å². The molecular formula is C23H19N5O3. The number of nitrogens with one attached hydrogen (secondary N) is 1. The van der Waals surface area contributed by atoms with E-state index in [9.17, 15) is 9.90 Å². The van der Waals surface area contributed by atoms with E-state index in [0.717, 1.165) is 27.8 Å². The first-order valence-corrected chi connectivity index (χ1v) is 10.0. The van der Waals surface area contributed by atoms with Crippen LogP contribution in [0.25, 0.3) is 22.4 Å². The molecular weight excluding hydrogens is 394 g/mol. The van der Waals surface area contributed by atoms with Crippen molar-refractivity contribution in [2.75, 3.05) is 11.5 Å². The van der Waals surface area contributed by atoms with Gasteiger partial charge in [-0.2, -0.15) is 5.10 Å². The molecule has 6 rings (SSSR count). The highest BCUT2D eigenvalue weighted by Gasteiger charge is 2.49. The molecule has 0 fully saturated rings. The first kappa shape index (κ1) is 18.0. The fourth-order valence-electron chi connectivity index (χ4n) is 4.58. The van der Waals surface area contributed by atoms with Crippen LogP contribution in [0.5, 0.6) is 0 Å². The highest BCUT2D eigenvalue weighted by Crippen LogP contribution is 2.52. The fourth-order valence-corrected chi connectivity index (χ4v) is 4.58. The van der Waals surface area contributed by atoms with E-state index in [2.05, 4.69) is 20.3 Å². The molecule has 31 heavy (non-hydrogen) atoms. The minimum atomic E-state index is -0.597. The van der Waals surface area contributed by atoms with Gasteiger partial charge in [0, 0.05) is 34.4 Å². The Morgan fingerprint density at radius 2 is 2.06 bits per heavy atom. The molecule has 0 saturated heterocycles. The Balaban J connectivity index is 1.61. The monoisotopic (exact) mass is 413 g/mol. The number of hydrogen-bond donors (Lipinski definition) is 2. The van der Waals surface area contributed by atoms with Gasteiger partial charge in [0.2, 0.25) is 0 Å². The minimum Gasteiger partial charge on any atom is -0.395 e. The van der Waals surface area contributed by atoms with Crippen LogP contribution < -0.4 is 4.90 Å². The first-order chi connectivity index (χ1) is 15.0. The fraction of sp³-hybridized carbons (Fsp3) is 0.217. The molecule has 0 radical (unpaired) electrons. The number of fused-ring (bicyclic) bond motifs is 8. The van der Waals surface area contributed by atoms with Crippen molar-refractivity contribution in [1.82, 2.24) is 20.3 Å². The predicted octanol–water partition coefficient (Wildman–Crippen LogP) is 3.46. The zero-order chi connectivity index (χ0) is 21.3. The number of hydrogen-bond acceptors (Lipinski definition) is 6. The summed E-state index contributed by atoms with van der Waals surface area (Å²) in [4.78, 5) is 19.9. The molecule has 1 amide bonds. The SMILES string of the molecule is CC(C)(CO)c1n[nH]c2c1C1c3ccccc3-c3cc(-c4ccon4)cnc3N1C2=O. The third-order valence-corrected chi connectivity index (χ3v) is 6.18. The molecule has 1 aromatic carbocycles. The molecule has 154 valence electrons. The summed E-state index contributed by atoms with van der Waals surface area (Å²) in [5.41, 5.74) is 5.73. The van der Waals surface area contributed by atoms with Crippen LogP contribution in [-0.2, 0) is 5.41 Å². The van der Waals surface area contributed by atoms with Gasteiger partial charge in [0.25, 0.3) is 5.91 Å². The van der Waals surface area contributed by atoms with Crippen LogP contribution >= 0.6 is 0 Å². The van der Waals surface area contributed by atoms with E-state index < -0.39 is 5.41 Å². The number of aliphatic hydroxyl groups excluding tert-OH is 1. The van der Waals surface area contributed by atoms with Crippen molar-refractivity contribution in [3.05, 3.63) is 71.4 Å². The Morgan fingerprint density at radius 3 is 2.84 bits per heavy atom. The van der Waals surface area contributed by atoms with E-state index in [1.54, 1.807) is 17.2 Å². The number of aliphatic hydroxyl groups is 1. The normalized spacial score (nSPS) is 16.7. The van der Waals surface area contributed by atoms with Gasteiger partial charge in [0.15, 0.2) is 0 Å². The number of aromatic amines is 1. The van der Waals surface area contributed by atoms with Crippen LogP contribution in [-0.4, -0.2) is 38.0 Å². The summed E-state index contributed by atoms with van der Waals surface area (Å²) in [7, 11) is 0. The van der Waals surface area contributed by atoms with Crippen molar-refractivity contribution in [3.8, 4) is 22.4 Å². The van der Waals surface area contributed by atoms with E-state index in [0.29, 0.717) is 22.9 Å². The minimum absolute atomic E-state index is 0.0806. The molecule has 1 atom stereocenters. The molecule has 4 aromatic rings. The smallest absolute Gasteiger partial charge is 0.278 e. The standard InChI is InChI=1S/C23H19N5O3/c1-23(2,11-29)20-17-18(25-26-20)22(30)28-19(17)14-6-4-3-5-13(14)15-9-12(10-24-21(15)28)16-7-8-31-27-16/h3-10,19,29H,11H2,1-2H3,(H,25,26). The number of rotatable bonds is 3. The maximum absolute atomic E-state index is 13.5. The summed E-state index contributed by atoms with van der Waals surface area (Å²) in [6.07, 6.45) is 3.23. The summed E-state index contributed by atoms with van der Waals surface area (Å²) >= 11 is 0. The van der Waals surface area contributed by atoms with Crippen LogP contribution in [0.15, 0.2) is 53.4 Å². The van der Waals surface area contributed by atoms with Crippen LogP contribution in [0.3, 0.4) is 0 Å². The molecule has 8 nitrogen and oxygen atoms in total. The zero-order valence-corrected chi connectivity index (χ0v) is 17.0. The van der Waals surface area contributed by atoms with Crippen molar-refractivity contribution in [1.29, 1.82) is 0 Å². The number of pyridine rings is 1. The zero-order valence-electron chi connectivity index (χ0n) is 17.0. The van der Waals surface area contributed by atoms with Crippen molar-refractivity contribution in [2.24, 2.45) is 0 Å². The summed E-state index contributed by atoms with van der Waals surface area (Å²) < 4.78 is 4.98. The summed E-state index contributed by atoms with van der Waals surface area (Å²) in [5.74, 6) is 0.420. The van der Waals surface area contributed by atoms with E-state index in [-0.39, 0.29) is 18.6 Å². The number of amides is 1. The Kier molecular flexibility index (Phi) is 3.56. The highest BCUT2D eigenvalue weighted by molar-refractivity contribution is 6.13. The molecule has 1 unspecified atom stereocenters. The van der Waals surface area contributed by atoms with Gasteiger partial charge in [-0.1, -0.05) is 43.3 Å². The van der Waals surface area contributed by atoms with Gasteiger partial charge in [-0.25, -0.2) is 4.98 Å². The number of anilines is 1. The molecule has 3 aromatic heterocycles. The highest BCUT2D eigenvalue weighted by atomic mass is 16.5. The Hall–Kier alpha value is -3.78. The second kappa shape index (κ2) is 6.12. The van der Waals surface area contributed by atoms with Crippen LogP contribution in [0.4, 0.5) is 5.82 Å². The number of benzene rings is 1. The predicted molar refractivity (Wildman–Crippen MR) is 113 cm³/mol. The number of aromatic nitrogens is 4. The number of carbonyl (C=O) groups excluding carboxylic acids is 1. The van der Waals surface area contributed by atoms with E-state index in [1.165, 1.54) is 6.26 Å². The van der Waals surface area contributed by atoms with Gasteiger partial charge in [0.05, 0.1) is 18.3 Å². The lowest BCUT2D eigenvalue weighted by Gasteiger charge is -2.34. The molecule has 8 heteroatoms. The van der Waals surface area contributed by atoms with E-state index >= 15 is 0 Å². The Labute approximate surface area is 177 Å². The molecule has 0 bridgehead atoms. The molecule has 0 aliphatic carbocycles. The third-order valence-electron chi connectivity index (χ3n) is 6.18. The van der Waals surface area contributed by atoms with Crippen molar-refractivity contribution in [3.63, 3.8) is 0 Å². The Bertz CT molecular complexity index is 1340. The van der Waals surface area contributed by atoms with Gasteiger partial charge in [-0.3, -0.25) is 14.8 Å². The Morgan fingerprint density at radius 1 is 1.23 bits per heavy atom. The van der Waals surface area contributed by atoms with Crippen molar-refractivity contribution in [2.45, 2.75) is 25.3 Å². The van der Waals surface area contributed by atoms with E-state index in [1.807, 2.05) is 44.2 Å². The van der Waals surface area contributed by atoms with E-state index in [4.69, 9.17) is 4.52 Å². The lowest BCUT2D eigenvalue weighted by Crippen LogP contribution is -2.34. The van der Waals surface area contributed by atoms with Gasteiger partial charge in [-0.15, -0.1) is 0 Å². The molecule has 0 saturated carbocycles. The van der Waals surface area contributed by atoms with Crippen LogP contribution in [0, 0.1) is 0 Å². The van der Waals surface area contributed by atoms with Gasteiger partial charge in [-0.05, 0) is 17.2 Å². The first-order valence-electron chi connectivity index (χ1n) is 10.0. The largest absolute Gasteiger partial charge is 0.395 e. The summed E-state index contributed by atoms with van der Waals surface area (Å²) in [5, 5.41) is 21.3.